The Kier molecular flexibility index (Phi) is 7.53. The summed E-state index contributed by atoms with van der Waals surface area (Å²) in [7, 11) is 3.72. The number of carbonyl (C=O) groups is 1. The van der Waals surface area contributed by atoms with Gasteiger partial charge in [-0.15, -0.1) is 0 Å². The fourth-order valence-electron chi connectivity index (χ4n) is 2.54. The molecule has 1 heterocycles. The van der Waals surface area contributed by atoms with Crippen LogP contribution >= 0.6 is 11.6 Å². The van der Waals surface area contributed by atoms with Crippen molar-refractivity contribution in [3.8, 4) is 0 Å². The number of nitrogens with one attached hydrogen (secondary N) is 2. The van der Waals surface area contributed by atoms with Crippen LogP contribution in [-0.4, -0.2) is 44.0 Å². The number of benzene rings is 1. The van der Waals surface area contributed by atoms with Gasteiger partial charge in [-0.25, -0.2) is 0 Å². The Bertz CT molecular complexity index is 758. The second kappa shape index (κ2) is 9.87. The number of hydrogen-bond donors (Lipinski definition) is 2. The van der Waals surface area contributed by atoms with Gasteiger partial charge in [0, 0.05) is 44.3 Å². The second-order valence-corrected chi connectivity index (χ2v) is 6.44. The fourth-order valence-corrected chi connectivity index (χ4v) is 2.76. The number of carbonyl (C=O) groups excluding carboxylic acids is 1. The van der Waals surface area contributed by atoms with E-state index in [0.717, 1.165) is 28.5 Å². The maximum Gasteiger partial charge on any atom is 0.287 e. The molecule has 2 N–H and O–H groups in total. The van der Waals surface area contributed by atoms with E-state index in [0.29, 0.717) is 25.4 Å². The van der Waals surface area contributed by atoms with Gasteiger partial charge in [0.25, 0.3) is 5.91 Å². The number of rotatable bonds is 7. The van der Waals surface area contributed by atoms with Crippen LogP contribution < -0.4 is 10.6 Å². The summed E-state index contributed by atoms with van der Waals surface area (Å²) in [6.45, 7) is 3.80. The highest BCUT2D eigenvalue weighted by molar-refractivity contribution is 6.30. The smallest absolute Gasteiger partial charge is 0.287 e. The Labute approximate surface area is 159 Å². The van der Waals surface area contributed by atoms with Crippen LogP contribution in [0.3, 0.4) is 0 Å². The minimum atomic E-state index is -0.185. The van der Waals surface area contributed by atoms with Crippen LogP contribution in [0.5, 0.6) is 0 Å². The van der Waals surface area contributed by atoms with Gasteiger partial charge in [-0.2, -0.15) is 0 Å². The van der Waals surface area contributed by atoms with Crippen molar-refractivity contribution in [3.05, 3.63) is 58.5 Å². The van der Waals surface area contributed by atoms with Crippen molar-refractivity contribution < 1.29 is 9.21 Å². The lowest BCUT2D eigenvalue weighted by Gasteiger charge is -2.22. The van der Waals surface area contributed by atoms with E-state index in [9.17, 15) is 4.79 Å². The number of aryl methyl sites for hydroxylation is 1. The van der Waals surface area contributed by atoms with Crippen LogP contribution in [0.4, 0.5) is 0 Å². The van der Waals surface area contributed by atoms with E-state index >= 15 is 0 Å². The molecule has 2 aromatic rings. The van der Waals surface area contributed by atoms with Crippen LogP contribution in [0.1, 0.15) is 28.1 Å². The van der Waals surface area contributed by atoms with Gasteiger partial charge in [-0.3, -0.25) is 9.79 Å². The Balaban J connectivity index is 1.71. The van der Waals surface area contributed by atoms with Gasteiger partial charge in [-0.1, -0.05) is 23.7 Å². The number of hydrogen-bond acceptors (Lipinski definition) is 3. The molecule has 0 bridgehead atoms. The highest BCUT2D eigenvalue weighted by Crippen LogP contribution is 2.12. The van der Waals surface area contributed by atoms with Crippen molar-refractivity contribution in [2.24, 2.45) is 4.99 Å². The largest absolute Gasteiger partial charge is 0.459 e. The van der Waals surface area contributed by atoms with E-state index in [4.69, 9.17) is 16.0 Å². The van der Waals surface area contributed by atoms with Crippen molar-refractivity contribution in [1.29, 1.82) is 0 Å². The molecule has 0 aliphatic rings. The first-order valence-corrected chi connectivity index (χ1v) is 8.87. The predicted octanol–water partition coefficient (Wildman–Crippen LogP) is 3.07. The number of halogens is 1. The third-order valence-electron chi connectivity index (χ3n) is 3.87. The summed E-state index contributed by atoms with van der Waals surface area (Å²) >= 11 is 6.03. The maximum absolute atomic E-state index is 12.0. The summed E-state index contributed by atoms with van der Waals surface area (Å²) in [4.78, 5) is 18.3. The quantitative estimate of drug-likeness (QED) is 0.442. The van der Waals surface area contributed by atoms with Gasteiger partial charge in [-0.05, 0) is 37.1 Å². The normalized spacial score (nSPS) is 11.3. The Morgan fingerprint density at radius 1 is 1.27 bits per heavy atom. The highest BCUT2D eigenvalue weighted by Gasteiger charge is 2.11. The summed E-state index contributed by atoms with van der Waals surface area (Å²) in [5, 5.41) is 6.87. The lowest BCUT2D eigenvalue weighted by Crippen LogP contribution is -2.39. The van der Waals surface area contributed by atoms with E-state index in [1.54, 1.807) is 13.1 Å². The van der Waals surface area contributed by atoms with E-state index in [2.05, 4.69) is 15.6 Å². The van der Waals surface area contributed by atoms with Crippen LogP contribution in [0, 0.1) is 6.92 Å². The molecule has 0 saturated heterocycles. The Morgan fingerprint density at radius 3 is 2.69 bits per heavy atom. The Hall–Kier alpha value is -2.47. The Morgan fingerprint density at radius 2 is 2.04 bits per heavy atom. The SMILES string of the molecule is CN=C(NCCCNC(=O)c1occc1C)N(C)Cc1cccc(Cl)c1. The molecule has 2 rings (SSSR count). The summed E-state index contributed by atoms with van der Waals surface area (Å²) in [5.74, 6) is 0.975. The summed E-state index contributed by atoms with van der Waals surface area (Å²) < 4.78 is 5.17. The lowest BCUT2D eigenvalue weighted by molar-refractivity contribution is 0.0925. The first-order valence-electron chi connectivity index (χ1n) is 8.49. The number of furan rings is 1. The molecule has 7 heteroatoms. The molecular formula is C19H25ClN4O2. The first-order chi connectivity index (χ1) is 12.5. The number of nitrogens with zero attached hydrogens (tertiary/aromatic N) is 2. The minimum absolute atomic E-state index is 0.185. The molecular weight excluding hydrogens is 352 g/mol. The molecule has 0 aliphatic carbocycles. The summed E-state index contributed by atoms with van der Waals surface area (Å²) in [6.07, 6.45) is 2.29. The van der Waals surface area contributed by atoms with E-state index < -0.39 is 0 Å². The molecule has 0 atom stereocenters. The molecule has 0 fully saturated rings. The number of aliphatic imine (C=N–C) groups is 1. The zero-order chi connectivity index (χ0) is 18.9. The van der Waals surface area contributed by atoms with Crippen LogP contribution in [0.25, 0.3) is 0 Å². The lowest BCUT2D eigenvalue weighted by atomic mass is 10.2. The molecule has 1 aromatic heterocycles. The minimum Gasteiger partial charge on any atom is -0.459 e. The molecule has 0 spiro atoms. The standard InChI is InChI=1S/C19H25ClN4O2/c1-14-8-11-26-17(14)18(25)22-9-5-10-23-19(21-2)24(3)13-15-6-4-7-16(20)12-15/h4,6-8,11-12H,5,9-10,13H2,1-3H3,(H,21,23)(H,22,25). The van der Waals surface area contributed by atoms with Gasteiger partial charge in [0.15, 0.2) is 11.7 Å². The number of guanidine groups is 1. The third kappa shape index (κ3) is 5.81. The van der Waals surface area contributed by atoms with E-state index in [1.807, 2.05) is 43.1 Å². The molecule has 140 valence electrons. The number of amides is 1. The highest BCUT2D eigenvalue weighted by atomic mass is 35.5. The summed E-state index contributed by atoms with van der Waals surface area (Å²) in [6, 6.07) is 9.54. The first kappa shape index (κ1) is 19.8. The molecule has 6 nitrogen and oxygen atoms in total. The molecule has 1 aromatic carbocycles. The maximum atomic E-state index is 12.0. The molecule has 0 unspecified atom stereocenters. The van der Waals surface area contributed by atoms with Crippen LogP contribution in [0.15, 0.2) is 46.0 Å². The van der Waals surface area contributed by atoms with Crippen molar-refractivity contribution in [1.82, 2.24) is 15.5 Å². The van der Waals surface area contributed by atoms with Gasteiger partial charge < -0.3 is 20.0 Å². The van der Waals surface area contributed by atoms with Gasteiger partial charge >= 0.3 is 0 Å². The molecule has 0 radical (unpaired) electrons. The fraction of sp³-hybridized carbons (Fsp3) is 0.368. The topological polar surface area (TPSA) is 69.9 Å². The zero-order valence-corrected chi connectivity index (χ0v) is 16.1. The molecule has 0 aliphatic heterocycles. The van der Waals surface area contributed by atoms with Gasteiger partial charge in [0.05, 0.1) is 6.26 Å². The van der Waals surface area contributed by atoms with Crippen LogP contribution in [-0.2, 0) is 6.54 Å². The van der Waals surface area contributed by atoms with Gasteiger partial charge in [0.2, 0.25) is 0 Å². The van der Waals surface area contributed by atoms with E-state index in [1.165, 1.54) is 6.26 Å². The molecule has 1 amide bonds. The van der Waals surface area contributed by atoms with Crippen molar-refractivity contribution >= 4 is 23.5 Å². The average Bonchev–Trinajstić information content (AvgIpc) is 3.04. The summed E-state index contributed by atoms with van der Waals surface area (Å²) in [5.41, 5.74) is 1.95. The van der Waals surface area contributed by atoms with Crippen molar-refractivity contribution in [2.75, 3.05) is 27.2 Å². The monoisotopic (exact) mass is 376 g/mol. The molecule has 0 saturated carbocycles. The predicted molar refractivity (Wildman–Crippen MR) is 105 cm³/mol. The zero-order valence-electron chi connectivity index (χ0n) is 15.4. The third-order valence-corrected chi connectivity index (χ3v) is 4.11. The van der Waals surface area contributed by atoms with Gasteiger partial charge in [0.1, 0.15) is 0 Å². The van der Waals surface area contributed by atoms with Crippen LogP contribution in [0.2, 0.25) is 5.02 Å². The van der Waals surface area contributed by atoms with Crippen molar-refractivity contribution in [3.63, 3.8) is 0 Å². The van der Waals surface area contributed by atoms with E-state index in [-0.39, 0.29) is 5.91 Å². The second-order valence-electron chi connectivity index (χ2n) is 6.00. The average molecular weight is 377 g/mol. The molecule has 26 heavy (non-hydrogen) atoms. The van der Waals surface area contributed by atoms with Crippen molar-refractivity contribution in [2.45, 2.75) is 19.9 Å².